The van der Waals surface area contributed by atoms with Crippen LogP contribution in [0.25, 0.3) is 0 Å². The van der Waals surface area contributed by atoms with E-state index in [1.807, 2.05) is 4.68 Å². The lowest BCUT2D eigenvalue weighted by molar-refractivity contribution is 0.624. The Morgan fingerprint density at radius 1 is 1.39 bits per heavy atom. The van der Waals surface area contributed by atoms with E-state index in [1.165, 1.54) is 29.7 Å². The number of rotatable bonds is 3. The van der Waals surface area contributed by atoms with E-state index in [1.54, 1.807) is 6.33 Å². The van der Waals surface area contributed by atoms with Gasteiger partial charge in [-0.15, -0.1) is 0 Å². The van der Waals surface area contributed by atoms with Crippen LogP contribution in [0.4, 0.5) is 5.69 Å². The summed E-state index contributed by atoms with van der Waals surface area (Å²) in [6.07, 6.45) is 4.91. The number of fused-ring (bicyclic) bond motifs is 1. The number of benzene rings is 1. The molecule has 0 bridgehead atoms. The summed E-state index contributed by atoms with van der Waals surface area (Å²) in [6, 6.07) is 6.70. The molecule has 0 amide bonds. The predicted octanol–water partition coefficient (Wildman–Crippen LogP) is 2.25. The first-order valence-electron chi connectivity index (χ1n) is 6.59. The molecule has 3 rings (SSSR count). The molecule has 0 saturated heterocycles. The zero-order chi connectivity index (χ0) is 12.4. The van der Waals surface area contributed by atoms with Gasteiger partial charge in [-0.3, -0.25) is 4.68 Å². The minimum Gasteiger partial charge on any atom is -0.385 e. The van der Waals surface area contributed by atoms with Gasteiger partial charge in [0.25, 0.3) is 0 Å². The summed E-state index contributed by atoms with van der Waals surface area (Å²) in [5.74, 6) is 1.04. The molecule has 0 unspecified atom stereocenters. The number of hydrogen-bond acceptors (Lipinski definition) is 3. The molecule has 4 heteroatoms. The van der Waals surface area contributed by atoms with Crippen LogP contribution in [0.1, 0.15) is 30.3 Å². The van der Waals surface area contributed by atoms with Crippen LogP contribution in [0.2, 0.25) is 0 Å². The van der Waals surface area contributed by atoms with Gasteiger partial charge in [0.2, 0.25) is 0 Å². The van der Waals surface area contributed by atoms with Crippen LogP contribution in [0.15, 0.2) is 24.5 Å². The average molecular weight is 242 g/mol. The summed E-state index contributed by atoms with van der Waals surface area (Å²) in [5, 5.41) is 7.68. The fourth-order valence-electron chi connectivity index (χ4n) is 2.49. The van der Waals surface area contributed by atoms with Crippen molar-refractivity contribution in [1.82, 2.24) is 14.8 Å². The van der Waals surface area contributed by atoms with E-state index in [0.29, 0.717) is 0 Å². The van der Waals surface area contributed by atoms with E-state index in [0.717, 1.165) is 25.3 Å². The third-order valence-electron chi connectivity index (χ3n) is 3.47. The van der Waals surface area contributed by atoms with Crippen molar-refractivity contribution in [3.05, 3.63) is 41.5 Å². The fraction of sp³-hybridized carbons (Fsp3) is 0.429. The Bertz CT molecular complexity index is 544. The molecule has 1 aliphatic heterocycles. The number of nitrogens with zero attached hydrogens (tertiary/aromatic N) is 3. The van der Waals surface area contributed by atoms with Crippen LogP contribution in [0, 0.1) is 0 Å². The minimum atomic E-state index is 0.850. The Balaban J connectivity index is 1.85. The number of aromatic nitrogens is 3. The molecule has 0 aliphatic carbocycles. The monoisotopic (exact) mass is 242 g/mol. The van der Waals surface area contributed by atoms with Gasteiger partial charge in [-0.2, -0.15) is 5.10 Å². The minimum absolute atomic E-state index is 0.850. The van der Waals surface area contributed by atoms with E-state index in [4.69, 9.17) is 0 Å². The highest BCUT2D eigenvalue weighted by atomic mass is 15.3. The topological polar surface area (TPSA) is 42.7 Å². The highest BCUT2D eigenvalue weighted by Gasteiger charge is 2.10. The maximum atomic E-state index is 4.33. The molecule has 1 aromatic heterocycles. The quantitative estimate of drug-likeness (QED) is 0.897. The van der Waals surface area contributed by atoms with Gasteiger partial charge in [0.1, 0.15) is 12.2 Å². The first-order chi connectivity index (χ1) is 8.86. The van der Waals surface area contributed by atoms with E-state index in [9.17, 15) is 0 Å². The van der Waals surface area contributed by atoms with Crippen molar-refractivity contribution >= 4 is 5.69 Å². The third-order valence-corrected chi connectivity index (χ3v) is 3.47. The Kier molecular flexibility index (Phi) is 3.00. The van der Waals surface area contributed by atoms with E-state index in [-0.39, 0.29) is 0 Å². The second kappa shape index (κ2) is 4.80. The summed E-state index contributed by atoms with van der Waals surface area (Å²) >= 11 is 0. The molecule has 0 saturated carbocycles. The maximum Gasteiger partial charge on any atom is 0.138 e. The molecule has 1 N–H and O–H groups in total. The Morgan fingerprint density at radius 2 is 2.33 bits per heavy atom. The van der Waals surface area contributed by atoms with Crippen molar-refractivity contribution in [3.63, 3.8) is 0 Å². The maximum absolute atomic E-state index is 4.33. The smallest absolute Gasteiger partial charge is 0.138 e. The van der Waals surface area contributed by atoms with Gasteiger partial charge < -0.3 is 5.32 Å². The van der Waals surface area contributed by atoms with Crippen molar-refractivity contribution in [3.8, 4) is 0 Å². The van der Waals surface area contributed by atoms with Crippen LogP contribution in [0.5, 0.6) is 0 Å². The second-order valence-corrected chi connectivity index (χ2v) is 4.69. The van der Waals surface area contributed by atoms with Crippen LogP contribution >= 0.6 is 0 Å². The summed E-state index contributed by atoms with van der Waals surface area (Å²) in [5.41, 5.74) is 4.02. The summed E-state index contributed by atoms with van der Waals surface area (Å²) in [7, 11) is 0. The van der Waals surface area contributed by atoms with Crippen LogP contribution in [-0.4, -0.2) is 21.3 Å². The summed E-state index contributed by atoms with van der Waals surface area (Å²) < 4.78 is 1.95. The molecular formula is C14H18N4. The standard InChI is InChI=1S/C14H18N4/c1-2-18-14(16-10-17-18)9-11-5-6-12-4-3-7-15-13(12)8-11/h5-6,8,10,15H,2-4,7,9H2,1H3. The lowest BCUT2D eigenvalue weighted by Gasteiger charge is -2.18. The average Bonchev–Trinajstić information content (AvgIpc) is 2.86. The molecule has 0 radical (unpaired) electrons. The van der Waals surface area contributed by atoms with Gasteiger partial charge in [-0.25, -0.2) is 4.98 Å². The van der Waals surface area contributed by atoms with Crippen molar-refractivity contribution in [2.24, 2.45) is 0 Å². The van der Waals surface area contributed by atoms with Crippen LogP contribution < -0.4 is 5.32 Å². The molecule has 0 fully saturated rings. The molecule has 0 spiro atoms. The van der Waals surface area contributed by atoms with Gasteiger partial charge in [-0.05, 0) is 37.0 Å². The van der Waals surface area contributed by atoms with Crippen molar-refractivity contribution in [2.45, 2.75) is 32.7 Å². The second-order valence-electron chi connectivity index (χ2n) is 4.69. The van der Waals surface area contributed by atoms with Crippen molar-refractivity contribution in [1.29, 1.82) is 0 Å². The molecule has 2 heterocycles. The Morgan fingerprint density at radius 3 is 3.22 bits per heavy atom. The number of anilines is 1. The Hall–Kier alpha value is -1.84. The van der Waals surface area contributed by atoms with E-state index in [2.05, 4.69) is 40.5 Å². The van der Waals surface area contributed by atoms with Crippen LogP contribution in [0.3, 0.4) is 0 Å². The first kappa shape index (κ1) is 11.3. The summed E-state index contributed by atoms with van der Waals surface area (Å²) in [6.45, 7) is 4.05. The highest BCUT2D eigenvalue weighted by molar-refractivity contribution is 5.55. The lowest BCUT2D eigenvalue weighted by Crippen LogP contribution is -2.12. The zero-order valence-corrected chi connectivity index (χ0v) is 10.7. The molecule has 2 aromatic rings. The molecule has 94 valence electrons. The molecule has 1 aromatic carbocycles. The largest absolute Gasteiger partial charge is 0.385 e. The van der Waals surface area contributed by atoms with Crippen molar-refractivity contribution in [2.75, 3.05) is 11.9 Å². The number of nitrogens with one attached hydrogen (secondary N) is 1. The van der Waals surface area contributed by atoms with Gasteiger partial charge >= 0.3 is 0 Å². The zero-order valence-electron chi connectivity index (χ0n) is 10.7. The van der Waals surface area contributed by atoms with Gasteiger partial charge in [0, 0.05) is 25.2 Å². The van der Waals surface area contributed by atoms with Gasteiger partial charge in [-0.1, -0.05) is 12.1 Å². The van der Waals surface area contributed by atoms with Gasteiger partial charge in [0.05, 0.1) is 0 Å². The number of aryl methyl sites for hydroxylation is 2. The van der Waals surface area contributed by atoms with Crippen LogP contribution in [-0.2, 0) is 19.4 Å². The predicted molar refractivity (Wildman–Crippen MR) is 71.8 cm³/mol. The normalized spacial score (nSPS) is 14.1. The van der Waals surface area contributed by atoms with Gasteiger partial charge in [0.15, 0.2) is 0 Å². The SMILES string of the molecule is CCn1ncnc1Cc1ccc2c(c1)NCCC2. The Labute approximate surface area is 107 Å². The lowest BCUT2D eigenvalue weighted by atomic mass is 10.00. The molecule has 4 nitrogen and oxygen atoms in total. The third kappa shape index (κ3) is 2.10. The summed E-state index contributed by atoms with van der Waals surface area (Å²) in [4.78, 5) is 4.33. The first-order valence-corrected chi connectivity index (χ1v) is 6.59. The molecular weight excluding hydrogens is 224 g/mol. The number of hydrogen-bond donors (Lipinski definition) is 1. The molecule has 18 heavy (non-hydrogen) atoms. The fourth-order valence-corrected chi connectivity index (χ4v) is 2.49. The van der Waals surface area contributed by atoms with E-state index >= 15 is 0 Å². The molecule has 1 aliphatic rings. The molecule has 0 atom stereocenters. The van der Waals surface area contributed by atoms with E-state index < -0.39 is 0 Å². The highest BCUT2D eigenvalue weighted by Crippen LogP contribution is 2.23. The van der Waals surface area contributed by atoms with Crippen molar-refractivity contribution < 1.29 is 0 Å².